The molecule has 168 valence electrons. The zero-order valence-corrected chi connectivity index (χ0v) is 18.3. The summed E-state index contributed by atoms with van der Waals surface area (Å²) in [7, 11) is 3.33. The van der Waals surface area contributed by atoms with Gasteiger partial charge in [-0.3, -0.25) is 4.79 Å². The van der Waals surface area contributed by atoms with Crippen molar-refractivity contribution in [3.05, 3.63) is 40.7 Å². The van der Waals surface area contributed by atoms with Gasteiger partial charge in [-0.2, -0.15) is 0 Å². The molecule has 2 aliphatic rings. The second kappa shape index (κ2) is 7.89. The molecule has 2 aliphatic heterocycles. The number of aromatic hydroxyl groups is 1. The fraction of sp³-hybridized carbons (Fsp3) is 0.429. The van der Waals surface area contributed by atoms with Gasteiger partial charge in [0.2, 0.25) is 5.13 Å². The summed E-state index contributed by atoms with van der Waals surface area (Å²) in [5, 5.41) is 23.0. The molecule has 0 aliphatic carbocycles. The maximum atomic E-state index is 14.9. The second-order valence-electron chi connectivity index (χ2n) is 8.37. The van der Waals surface area contributed by atoms with Crippen LogP contribution in [0.4, 0.5) is 13.9 Å². The Morgan fingerprint density at radius 1 is 1.25 bits per heavy atom. The quantitative estimate of drug-likeness (QED) is 0.618. The molecule has 32 heavy (non-hydrogen) atoms. The van der Waals surface area contributed by atoms with Gasteiger partial charge < -0.3 is 19.9 Å². The van der Waals surface area contributed by atoms with E-state index in [2.05, 4.69) is 20.5 Å². The molecule has 4 unspecified atom stereocenters. The van der Waals surface area contributed by atoms with E-state index in [1.807, 2.05) is 0 Å². The molecule has 0 saturated carbocycles. The van der Waals surface area contributed by atoms with E-state index in [4.69, 9.17) is 0 Å². The first kappa shape index (κ1) is 21.0. The van der Waals surface area contributed by atoms with Crippen LogP contribution < -0.4 is 15.8 Å². The van der Waals surface area contributed by atoms with Gasteiger partial charge in [0.1, 0.15) is 17.7 Å². The number of halogens is 2. The molecular weight excluding hydrogens is 438 g/mol. The number of benzene rings is 1. The third-order valence-corrected chi connectivity index (χ3v) is 7.38. The molecule has 0 spiro atoms. The zero-order valence-electron chi connectivity index (χ0n) is 17.5. The van der Waals surface area contributed by atoms with Crippen molar-refractivity contribution in [3.63, 3.8) is 0 Å². The molecule has 0 amide bonds. The number of anilines is 1. The average Bonchev–Trinajstić information content (AvgIpc) is 3.42. The highest BCUT2D eigenvalue weighted by atomic mass is 32.1. The Hall–Kier alpha value is -2.92. The molecule has 2 aromatic heterocycles. The molecule has 3 aromatic rings. The van der Waals surface area contributed by atoms with E-state index in [0.717, 1.165) is 30.2 Å². The van der Waals surface area contributed by atoms with Crippen LogP contribution in [0.15, 0.2) is 29.3 Å². The van der Waals surface area contributed by atoms with Crippen LogP contribution >= 0.6 is 11.3 Å². The summed E-state index contributed by atoms with van der Waals surface area (Å²) in [6.45, 7) is 0. The van der Waals surface area contributed by atoms with Crippen molar-refractivity contribution in [1.82, 2.24) is 25.1 Å². The molecule has 2 N–H and O–H groups in total. The maximum absolute atomic E-state index is 14.9. The molecule has 4 heterocycles. The number of aromatic nitrogens is 4. The number of phenols is 1. The minimum atomic E-state index is -1.01. The Morgan fingerprint density at radius 3 is 2.84 bits per heavy atom. The number of rotatable bonds is 4. The summed E-state index contributed by atoms with van der Waals surface area (Å²) >= 11 is 1.16. The van der Waals surface area contributed by atoms with Crippen molar-refractivity contribution in [1.29, 1.82) is 0 Å². The van der Waals surface area contributed by atoms with Crippen LogP contribution in [0.1, 0.15) is 19.3 Å². The Balaban J connectivity index is 1.43. The Morgan fingerprint density at radius 2 is 2.06 bits per heavy atom. The predicted molar refractivity (Wildman–Crippen MR) is 117 cm³/mol. The summed E-state index contributed by atoms with van der Waals surface area (Å²) in [5.41, 5.74) is -0.0300. The summed E-state index contributed by atoms with van der Waals surface area (Å²) < 4.78 is 31.0. The fourth-order valence-corrected chi connectivity index (χ4v) is 5.38. The van der Waals surface area contributed by atoms with E-state index in [9.17, 15) is 18.7 Å². The topological polar surface area (TPSA) is 96.2 Å². The van der Waals surface area contributed by atoms with Crippen molar-refractivity contribution in [2.24, 2.45) is 7.05 Å². The number of hydrogen-bond donors (Lipinski definition) is 2. The van der Waals surface area contributed by atoms with E-state index in [-0.39, 0.29) is 40.2 Å². The highest BCUT2D eigenvalue weighted by Crippen LogP contribution is 2.39. The molecule has 5 rings (SSSR count). The lowest BCUT2D eigenvalue weighted by molar-refractivity contribution is 0.176. The Kier molecular flexibility index (Phi) is 5.17. The van der Waals surface area contributed by atoms with Gasteiger partial charge in [-0.05, 0) is 31.4 Å². The van der Waals surface area contributed by atoms with E-state index < -0.39 is 12.0 Å². The van der Waals surface area contributed by atoms with E-state index in [0.29, 0.717) is 22.6 Å². The number of alkyl halides is 1. The summed E-state index contributed by atoms with van der Waals surface area (Å²) in [6.07, 6.45) is 2.77. The molecule has 2 bridgehead atoms. The minimum absolute atomic E-state index is 0.0104. The van der Waals surface area contributed by atoms with Crippen molar-refractivity contribution in [3.8, 4) is 27.6 Å². The smallest absolute Gasteiger partial charge is 0.253 e. The van der Waals surface area contributed by atoms with E-state index in [1.54, 1.807) is 19.0 Å². The lowest BCUT2D eigenvalue weighted by Gasteiger charge is -2.38. The molecule has 0 radical (unpaired) electrons. The SMILES string of the molecule is CN(c1nnc(-c2cc(F)c(-c3cc(=O)n(C)cn3)cc2O)s1)C1CC2CCC(N2)C1F. The highest BCUT2D eigenvalue weighted by Gasteiger charge is 2.44. The van der Waals surface area contributed by atoms with Crippen LogP contribution in [0.25, 0.3) is 21.8 Å². The first-order valence-electron chi connectivity index (χ1n) is 10.3. The number of nitrogens with one attached hydrogen (secondary N) is 1. The van der Waals surface area contributed by atoms with Crippen LogP contribution in [0.2, 0.25) is 0 Å². The monoisotopic (exact) mass is 460 g/mol. The van der Waals surface area contributed by atoms with Gasteiger partial charge in [-0.1, -0.05) is 11.3 Å². The molecule has 11 heteroatoms. The predicted octanol–water partition coefficient (Wildman–Crippen LogP) is 2.48. The van der Waals surface area contributed by atoms with Gasteiger partial charge in [0.05, 0.1) is 23.6 Å². The summed E-state index contributed by atoms with van der Waals surface area (Å²) in [6, 6.07) is 3.43. The number of aryl methyl sites for hydroxylation is 1. The van der Waals surface area contributed by atoms with Gasteiger partial charge in [0.15, 0.2) is 5.01 Å². The molecule has 8 nitrogen and oxygen atoms in total. The molecule has 2 fully saturated rings. The van der Waals surface area contributed by atoms with Gasteiger partial charge in [-0.25, -0.2) is 13.8 Å². The van der Waals surface area contributed by atoms with Crippen LogP contribution in [-0.2, 0) is 7.05 Å². The summed E-state index contributed by atoms with van der Waals surface area (Å²) in [5.74, 6) is -0.861. The molecular formula is C21H22F2N6O2S. The summed E-state index contributed by atoms with van der Waals surface area (Å²) in [4.78, 5) is 17.7. The van der Waals surface area contributed by atoms with E-state index in [1.165, 1.54) is 23.0 Å². The standard InChI is InChI=1S/C21H22F2N6O2S/c1-28-9-24-15(8-18(28)31)11-7-17(30)12(6-13(11)22)20-26-27-21(32-20)29(2)16-5-10-3-4-14(25-10)19(16)23/h6-10,14,16,19,25,30H,3-5H2,1-2H3. The highest BCUT2D eigenvalue weighted by molar-refractivity contribution is 7.18. The fourth-order valence-electron chi connectivity index (χ4n) is 4.50. The van der Waals surface area contributed by atoms with Crippen LogP contribution in [0.3, 0.4) is 0 Å². The number of fused-ring (bicyclic) bond motifs is 2. The molecule has 2 saturated heterocycles. The van der Waals surface area contributed by atoms with Crippen LogP contribution in [0.5, 0.6) is 5.75 Å². The Labute approximate surface area is 186 Å². The normalized spacial score (nSPS) is 24.6. The third-order valence-electron chi connectivity index (χ3n) is 6.34. The lowest BCUT2D eigenvalue weighted by Crippen LogP contribution is -2.55. The average molecular weight is 461 g/mol. The van der Waals surface area contributed by atoms with Crippen molar-refractivity contribution >= 4 is 16.5 Å². The second-order valence-corrected chi connectivity index (χ2v) is 9.32. The van der Waals surface area contributed by atoms with Crippen LogP contribution in [0, 0.1) is 5.82 Å². The molecule has 1 aromatic carbocycles. The number of phenolic OH excluding ortho intramolecular Hbond substituents is 1. The van der Waals surface area contributed by atoms with Crippen molar-refractivity contribution < 1.29 is 13.9 Å². The van der Waals surface area contributed by atoms with E-state index >= 15 is 0 Å². The third kappa shape index (κ3) is 3.55. The molecule has 4 atom stereocenters. The largest absolute Gasteiger partial charge is 0.507 e. The van der Waals surface area contributed by atoms with Crippen molar-refractivity contribution in [2.75, 3.05) is 11.9 Å². The maximum Gasteiger partial charge on any atom is 0.253 e. The Bertz CT molecular complexity index is 1230. The van der Waals surface area contributed by atoms with Crippen LogP contribution in [-0.4, -0.2) is 56.2 Å². The number of hydrogen-bond acceptors (Lipinski definition) is 8. The van der Waals surface area contributed by atoms with Gasteiger partial charge >= 0.3 is 0 Å². The first-order chi connectivity index (χ1) is 15.3. The number of nitrogens with zero attached hydrogens (tertiary/aromatic N) is 5. The van der Waals surface area contributed by atoms with Gasteiger partial charge in [-0.15, -0.1) is 10.2 Å². The number of piperidine rings is 1. The minimum Gasteiger partial charge on any atom is -0.507 e. The lowest BCUT2D eigenvalue weighted by atomic mass is 9.97. The van der Waals surface area contributed by atoms with Gasteiger partial charge in [0.25, 0.3) is 5.56 Å². The van der Waals surface area contributed by atoms with Crippen molar-refractivity contribution in [2.45, 2.75) is 43.6 Å². The van der Waals surface area contributed by atoms with Gasteiger partial charge in [0, 0.05) is 37.8 Å². The zero-order chi connectivity index (χ0) is 22.6. The first-order valence-corrected chi connectivity index (χ1v) is 11.2.